The number of benzene rings is 2. The molecule has 2 aromatic carbocycles. The third-order valence-electron chi connectivity index (χ3n) is 4.61. The largest absolute Gasteiger partial charge is 0.459 e. The number of furan rings is 1. The van der Waals surface area contributed by atoms with Crippen molar-refractivity contribution in [1.29, 1.82) is 0 Å². The second-order valence-corrected chi connectivity index (χ2v) is 8.26. The fraction of sp³-hybridized carbons (Fsp3) is 0.136. The molecule has 0 atom stereocenters. The summed E-state index contributed by atoms with van der Waals surface area (Å²) in [5.41, 5.74) is -0.510. The molecule has 6 nitrogen and oxygen atoms in total. The lowest BCUT2D eigenvalue weighted by molar-refractivity contribution is -0.137. The highest BCUT2D eigenvalue weighted by atomic mass is 35.5. The number of nitrogens with zero attached hydrogens (tertiary/aromatic N) is 2. The Labute approximate surface area is 194 Å². The minimum atomic E-state index is -4.63. The Morgan fingerprint density at radius 1 is 1.12 bits per heavy atom. The fourth-order valence-electron chi connectivity index (χ4n) is 3.05. The standard InChI is InChI=1S/C22H15ClF3N3O3S/c23-14-8-7-13(22(24,25)26)12-16(14)29(21-28-15-4-1-2-6-18(15)33-21)19(30)9-10-27-20(31)17-5-3-11-32-17/h1-8,11-12H,9-10H2,(H,27,31). The summed E-state index contributed by atoms with van der Waals surface area (Å²) in [6.45, 7) is -0.0731. The maximum absolute atomic E-state index is 13.3. The van der Waals surface area contributed by atoms with Crippen molar-refractivity contribution < 1.29 is 27.2 Å². The van der Waals surface area contributed by atoms with Crippen LogP contribution in [0.25, 0.3) is 10.2 Å². The number of carbonyl (C=O) groups is 2. The zero-order valence-electron chi connectivity index (χ0n) is 16.7. The summed E-state index contributed by atoms with van der Waals surface area (Å²) in [5.74, 6) is -1.03. The molecule has 0 unspecified atom stereocenters. The third kappa shape index (κ3) is 5.01. The van der Waals surface area contributed by atoms with Gasteiger partial charge in [-0.25, -0.2) is 4.98 Å². The number of aromatic nitrogens is 1. The summed E-state index contributed by atoms with van der Waals surface area (Å²) >= 11 is 7.36. The molecule has 1 N–H and O–H groups in total. The van der Waals surface area contributed by atoms with Crippen LogP contribution >= 0.6 is 22.9 Å². The molecule has 0 bridgehead atoms. The van der Waals surface area contributed by atoms with Crippen LogP contribution in [-0.2, 0) is 11.0 Å². The molecule has 11 heteroatoms. The summed E-state index contributed by atoms with van der Waals surface area (Å²) in [7, 11) is 0. The predicted molar refractivity (Wildman–Crippen MR) is 119 cm³/mol. The second kappa shape index (κ2) is 9.24. The predicted octanol–water partition coefficient (Wildman–Crippen LogP) is 6.05. The lowest BCUT2D eigenvalue weighted by Gasteiger charge is -2.22. The van der Waals surface area contributed by atoms with E-state index in [2.05, 4.69) is 10.3 Å². The molecule has 0 aliphatic heterocycles. The van der Waals surface area contributed by atoms with Crippen LogP contribution in [0.2, 0.25) is 5.02 Å². The van der Waals surface area contributed by atoms with E-state index in [9.17, 15) is 22.8 Å². The lowest BCUT2D eigenvalue weighted by atomic mass is 10.1. The number of hydrogen-bond acceptors (Lipinski definition) is 5. The first-order chi connectivity index (χ1) is 15.7. The third-order valence-corrected chi connectivity index (χ3v) is 5.95. The monoisotopic (exact) mass is 493 g/mol. The molecule has 33 heavy (non-hydrogen) atoms. The van der Waals surface area contributed by atoms with E-state index < -0.39 is 23.6 Å². The van der Waals surface area contributed by atoms with Gasteiger partial charge in [-0.3, -0.25) is 14.5 Å². The molecule has 2 aromatic heterocycles. The molecule has 0 aliphatic rings. The van der Waals surface area contributed by atoms with Gasteiger partial charge in [0.25, 0.3) is 5.91 Å². The number of fused-ring (bicyclic) bond motifs is 1. The highest BCUT2D eigenvalue weighted by Crippen LogP contribution is 2.40. The van der Waals surface area contributed by atoms with Crippen LogP contribution in [0.3, 0.4) is 0 Å². The van der Waals surface area contributed by atoms with Crippen LogP contribution in [0, 0.1) is 0 Å². The molecule has 2 amide bonds. The summed E-state index contributed by atoms with van der Waals surface area (Å²) < 4.78 is 45.8. The van der Waals surface area contributed by atoms with Crippen LogP contribution in [-0.4, -0.2) is 23.3 Å². The molecule has 0 aliphatic carbocycles. The zero-order valence-corrected chi connectivity index (χ0v) is 18.3. The number of nitrogens with one attached hydrogen (secondary N) is 1. The van der Waals surface area contributed by atoms with Crippen LogP contribution in [0.15, 0.2) is 65.3 Å². The maximum Gasteiger partial charge on any atom is 0.416 e. The van der Waals surface area contributed by atoms with Gasteiger partial charge < -0.3 is 9.73 Å². The van der Waals surface area contributed by atoms with Gasteiger partial charge in [0.15, 0.2) is 10.9 Å². The molecule has 0 radical (unpaired) electrons. The van der Waals surface area contributed by atoms with E-state index in [0.29, 0.717) is 5.52 Å². The van der Waals surface area contributed by atoms with E-state index in [1.54, 1.807) is 30.3 Å². The number of halogens is 4. The van der Waals surface area contributed by atoms with Crippen molar-refractivity contribution in [3.8, 4) is 0 Å². The van der Waals surface area contributed by atoms with E-state index in [-0.39, 0.29) is 34.6 Å². The van der Waals surface area contributed by atoms with Crippen LogP contribution in [0.4, 0.5) is 24.0 Å². The molecule has 0 spiro atoms. The first kappa shape index (κ1) is 22.8. The second-order valence-electron chi connectivity index (χ2n) is 6.84. The number of hydrogen-bond donors (Lipinski definition) is 1. The first-order valence-corrected chi connectivity index (χ1v) is 10.8. The Balaban J connectivity index is 1.66. The summed E-state index contributed by atoms with van der Waals surface area (Å²) in [4.78, 5) is 30.7. The van der Waals surface area contributed by atoms with Crippen molar-refractivity contribution in [3.63, 3.8) is 0 Å². The van der Waals surface area contributed by atoms with Gasteiger partial charge in [-0.05, 0) is 42.5 Å². The SMILES string of the molecule is O=C(NCCC(=O)N(c1nc2ccccc2s1)c1cc(C(F)(F)F)ccc1Cl)c1ccco1. The van der Waals surface area contributed by atoms with Crippen molar-refractivity contribution in [2.24, 2.45) is 0 Å². The smallest absolute Gasteiger partial charge is 0.416 e. The van der Waals surface area contributed by atoms with Crippen molar-refractivity contribution in [3.05, 3.63) is 77.2 Å². The number of thiazole rings is 1. The number of rotatable bonds is 6. The Kier molecular flexibility index (Phi) is 6.39. The fourth-order valence-corrected chi connectivity index (χ4v) is 4.25. The van der Waals surface area contributed by atoms with E-state index in [0.717, 1.165) is 39.1 Å². The normalized spacial score (nSPS) is 11.5. The quantitative estimate of drug-likeness (QED) is 0.355. The van der Waals surface area contributed by atoms with E-state index in [4.69, 9.17) is 16.0 Å². The number of carbonyl (C=O) groups excluding carboxylic acids is 2. The highest BCUT2D eigenvalue weighted by molar-refractivity contribution is 7.22. The number of amides is 2. The number of alkyl halides is 3. The molecule has 0 saturated carbocycles. The summed E-state index contributed by atoms with van der Waals surface area (Å²) in [6.07, 6.45) is -3.50. The minimum Gasteiger partial charge on any atom is -0.459 e. The Morgan fingerprint density at radius 2 is 1.91 bits per heavy atom. The average molecular weight is 494 g/mol. The van der Waals surface area contributed by atoms with Crippen molar-refractivity contribution in [2.75, 3.05) is 11.4 Å². The van der Waals surface area contributed by atoms with Gasteiger partial charge in [0, 0.05) is 13.0 Å². The van der Waals surface area contributed by atoms with Gasteiger partial charge in [-0.2, -0.15) is 13.2 Å². The molecule has 0 saturated heterocycles. The number of anilines is 2. The minimum absolute atomic E-state index is 0.0461. The van der Waals surface area contributed by atoms with Crippen LogP contribution < -0.4 is 10.2 Å². The van der Waals surface area contributed by atoms with Gasteiger partial charge in [-0.15, -0.1) is 0 Å². The molecule has 2 heterocycles. The zero-order chi connectivity index (χ0) is 23.6. The Bertz CT molecular complexity index is 1270. The molecule has 4 aromatic rings. The van der Waals surface area contributed by atoms with E-state index >= 15 is 0 Å². The highest BCUT2D eigenvalue weighted by Gasteiger charge is 2.33. The Hall–Kier alpha value is -3.37. The van der Waals surface area contributed by atoms with Gasteiger partial charge in [0.05, 0.1) is 32.8 Å². The van der Waals surface area contributed by atoms with Gasteiger partial charge in [0.2, 0.25) is 5.91 Å². The van der Waals surface area contributed by atoms with Gasteiger partial charge in [0.1, 0.15) is 0 Å². The molecule has 170 valence electrons. The molecular weight excluding hydrogens is 479 g/mol. The van der Waals surface area contributed by atoms with Crippen molar-refractivity contribution in [1.82, 2.24) is 10.3 Å². The molecular formula is C22H15ClF3N3O3S. The summed E-state index contributed by atoms with van der Waals surface area (Å²) in [5, 5.41) is 2.66. The first-order valence-electron chi connectivity index (χ1n) is 9.61. The molecule has 0 fully saturated rings. The van der Waals surface area contributed by atoms with Gasteiger partial charge in [-0.1, -0.05) is 35.1 Å². The summed E-state index contributed by atoms with van der Waals surface area (Å²) in [6, 6.07) is 12.8. The Morgan fingerprint density at radius 3 is 2.61 bits per heavy atom. The average Bonchev–Trinajstić information content (AvgIpc) is 3.44. The van der Waals surface area contributed by atoms with E-state index in [1.807, 2.05) is 0 Å². The van der Waals surface area contributed by atoms with Gasteiger partial charge >= 0.3 is 6.18 Å². The van der Waals surface area contributed by atoms with Crippen molar-refractivity contribution in [2.45, 2.75) is 12.6 Å². The van der Waals surface area contributed by atoms with E-state index in [1.165, 1.54) is 12.3 Å². The topological polar surface area (TPSA) is 75.4 Å². The lowest BCUT2D eigenvalue weighted by Crippen LogP contribution is -2.32. The maximum atomic E-state index is 13.3. The molecule has 4 rings (SSSR count). The van der Waals surface area contributed by atoms with Crippen LogP contribution in [0.5, 0.6) is 0 Å². The van der Waals surface area contributed by atoms with Crippen molar-refractivity contribution >= 4 is 55.8 Å². The van der Waals surface area contributed by atoms with Crippen LogP contribution in [0.1, 0.15) is 22.5 Å². The number of para-hydroxylation sites is 1.